The number of rotatable bonds is 1. The van der Waals surface area contributed by atoms with Gasteiger partial charge in [0.1, 0.15) is 6.04 Å². The molecular weight excluding hydrogens is 194 g/mol. The van der Waals surface area contributed by atoms with Crippen molar-refractivity contribution in [3.8, 4) is 0 Å². The summed E-state index contributed by atoms with van der Waals surface area (Å²) in [6, 6.07) is -0.410. The zero-order valence-electron chi connectivity index (χ0n) is 8.99. The quantitative estimate of drug-likeness (QED) is 0.644. The Labute approximate surface area is 88.5 Å². The van der Waals surface area contributed by atoms with Crippen LogP contribution in [-0.2, 0) is 4.79 Å². The first-order chi connectivity index (χ1) is 7.11. The topological polar surface area (TPSA) is 61.8 Å². The molecule has 1 amide bonds. The fourth-order valence-corrected chi connectivity index (χ4v) is 2.20. The summed E-state index contributed by atoms with van der Waals surface area (Å²) in [5.41, 5.74) is 2.09. The van der Waals surface area contributed by atoms with Crippen LogP contribution in [0.4, 0.5) is 0 Å². The number of carbonyl (C=O) groups excluding carboxylic acids is 1. The lowest BCUT2D eigenvalue weighted by Gasteiger charge is -2.19. The highest BCUT2D eigenvalue weighted by molar-refractivity contribution is 5.84. The van der Waals surface area contributed by atoms with E-state index in [-0.39, 0.29) is 18.0 Å². The monoisotopic (exact) mass is 209 g/mol. The van der Waals surface area contributed by atoms with Crippen LogP contribution in [-0.4, -0.2) is 36.0 Å². The normalized spacial score (nSPS) is 32.3. The summed E-state index contributed by atoms with van der Waals surface area (Å²) < 4.78 is 0. The van der Waals surface area contributed by atoms with Crippen molar-refractivity contribution in [3.05, 3.63) is 16.2 Å². The molecule has 0 spiro atoms. The van der Waals surface area contributed by atoms with E-state index in [2.05, 4.69) is 10.5 Å². The van der Waals surface area contributed by atoms with Crippen molar-refractivity contribution in [1.82, 2.24) is 10.2 Å². The molecule has 0 aromatic rings. The molecule has 2 heterocycles. The maximum atomic E-state index is 11.8. The van der Waals surface area contributed by atoms with Crippen molar-refractivity contribution in [2.24, 2.45) is 5.18 Å². The third kappa shape index (κ3) is 1.79. The molecule has 5 nitrogen and oxygen atoms in total. The Morgan fingerprint density at radius 1 is 1.47 bits per heavy atom. The molecule has 2 rings (SSSR count). The Morgan fingerprint density at radius 2 is 2.20 bits per heavy atom. The second kappa shape index (κ2) is 3.73. The number of hydrogen-bond acceptors (Lipinski definition) is 4. The van der Waals surface area contributed by atoms with Gasteiger partial charge in [-0.25, -0.2) is 0 Å². The van der Waals surface area contributed by atoms with Crippen LogP contribution in [0.15, 0.2) is 16.4 Å². The van der Waals surface area contributed by atoms with Gasteiger partial charge in [-0.1, -0.05) is 5.18 Å². The van der Waals surface area contributed by atoms with E-state index in [4.69, 9.17) is 0 Å². The number of nitrogens with one attached hydrogen (secondary N) is 1. The predicted molar refractivity (Wildman–Crippen MR) is 56.1 cm³/mol. The minimum absolute atomic E-state index is 0.00417. The molecule has 1 saturated heterocycles. The van der Waals surface area contributed by atoms with Crippen molar-refractivity contribution in [2.75, 3.05) is 13.1 Å². The number of allylic oxidation sites excluding steroid dienone is 1. The minimum Gasteiger partial charge on any atom is -0.329 e. The zero-order valence-corrected chi connectivity index (χ0v) is 8.99. The highest BCUT2D eigenvalue weighted by Crippen LogP contribution is 2.24. The molecule has 2 aliphatic heterocycles. The standard InChI is InChI=1S/C10H15N3O2/c1-6-4-13-5-8(12-15)3-9(13)10(14)11-7(6)2/h8-9H,3-5H2,1-2H3,(H,11,14). The smallest absolute Gasteiger partial charge is 0.241 e. The van der Waals surface area contributed by atoms with Crippen molar-refractivity contribution in [2.45, 2.75) is 32.4 Å². The second-order valence-corrected chi connectivity index (χ2v) is 4.33. The predicted octanol–water partition coefficient (Wildman–Crippen LogP) is 0.619. The molecule has 1 fully saturated rings. The van der Waals surface area contributed by atoms with E-state index < -0.39 is 0 Å². The summed E-state index contributed by atoms with van der Waals surface area (Å²) in [4.78, 5) is 24.3. The van der Waals surface area contributed by atoms with Gasteiger partial charge in [-0.15, -0.1) is 0 Å². The molecule has 1 N–H and O–H groups in total. The molecule has 2 unspecified atom stereocenters. The molecule has 2 atom stereocenters. The molecular formula is C10H15N3O2. The van der Waals surface area contributed by atoms with Gasteiger partial charge in [-0.3, -0.25) is 9.69 Å². The van der Waals surface area contributed by atoms with Crippen LogP contribution in [0.3, 0.4) is 0 Å². The van der Waals surface area contributed by atoms with E-state index in [9.17, 15) is 9.70 Å². The largest absolute Gasteiger partial charge is 0.329 e. The number of nitroso groups, excluding NO2 is 1. The van der Waals surface area contributed by atoms with Crippen molar-refractivity contribution in [1.29, 1.82) is 0 Å². The fourth-order valence-electron chi connectivity index (χ4n) is 2.20. The number of amides is 1. The maximum absolute atomic E-state index is 11.8. The second-order valence-electron chi connectivity index (χ2n) is 4.33. The maximum Gasteiger partial charge on any atom is 0.241 e. The van der Waals surface area contributed by atoms with E-state index in [1.165, 1.54) is 0 Å². The van der Waals surface area contributed by atoms with E-state index in [0.29, 0.717) is 13.0 Å². The lowest BCUT2D eigenvalue weighted by atomic mass is 10.1. The molecule has 0 saturated carbocycles. The zero-order chi connectivity index (χ0) is 11.0. The molecule has 0 radical (unpaired) electrons. The van der Waals surface area contributed by atoms with E-state index in [0.717, 1.165) is 17.8 Å². The molecule has 2 aliphatic rings. The summed E-state index contributed by atoms with van der Waals surface area (Å²) in [6.45, 7) is 5.26. The molecule has 82 valence electrons. The van der Waals surface area contributed by atoms with Crippen LogP contribution in [0.2, 0.25) is 0 Å². The van der Waals surface area contributed by atoms with Crippen LogP contribution in [0.5, 0.6) is 0 Å². The van der Waals surface area contributed by atoms with Crippen LogP contribution in [0.1, 0.15) is 20.3 Å². The molecule has 0 aromatic heterocycles. The highest BCUT2D eigenvalue weighted by atomic mass is 16.3. The highest BCUT2D eigenvalue weighted by Gasteiger charge is 2.39. The summed E-state index contributed by atoms with van der Waals surface area (Å²) in [5, 5.41) is 5.90. The Balaban J connectivity index is 2.21. The molecule has 5 heteroatoms. The Bertz CT molecular complexity index is 338. The Hall–Kier alpha value is -1.23. The summed E-state index contributed by atoms with van der Waals surface area (Å²) in [7, 11) is 0. The van der Waals surface area contributed by atoms with Crippen molar-refractivity contribution in [3.63, 3.8) is 0 Å². The van der Waals surface area contributed by atoms with E-state index >= 15 is 0 Å². The number of hydrogen-bond donors (Lipinski definition) is 1. The van der Waals surface area contributed by atoms with E-state index in [1.807, 2.05) is 18.7 Å². The lowest BCUT2D eigenvalue weighted by molar-refractivity contribution is -0.124. The summed E-state index contributed by atoms with van der Waals surface area (Å²) in [5.74, 6) is -0.00417. The van der Waals surface area contributed by atoms with Gasteiger partial charge >= 0.3 is 0 Å². The third-order valence-corrected chi connectivity index (χ3v) is 3.22. The van der Waals surface area contributed by atoms with Gasteiger partial charge in [0.25, 0.3) is 0 Å². The van der Waals surface area contributed by atoms with Crippen molar-refractivity contribution >= 4 is 5.91 Å². The number of fused-ring (bicyclic) bond motifs is 1. The molecule has 0 bridgehead atoms. The minimum atomic E-state index is -0.230. The van der Waals surface area contributed by atoms with E-state index in [1.54, 1.807) is 0 Å². The average Bonchev–Trinajstić information content (AvgIpc) is 2.56. The van der Waals surface area contributed by atoms with Gasteiger partial charge < -0.3 is 5.32 Å². The molecule has 15 heavy (non-hydrogen) atoms. The lowest BCUT2D eigenvalue weighted by Crippen LogP contribution is -2.40. The SMILES string of the molecule is CC1=C(C)NC(=O)C2CC(N=O)CN2C1. The van der Waals surface area contributed by atoms with Gasteiger partial charge in [0, 0.05) is 18.8 Å². The molecule has 0 aromatic carbocycles. The number of nitrogens with zero attached hydrogens (tertiary/aromatic N) is 2. The number of carbonyl (C=O) groups is 1. The van der Waals surface area contributed by atoms with Crippen LogP contribution >= 0.6 is 0 Å². The van der Waals surface area contributed by atoms with Gasteiger partial charge in [-0.2, -0.15) is 4.91 Å². The van der Waals surface area contributed by atoms with Crippen LogP contribution in [0.25, 0.3) is 0 Å². The van der Waals surface area contributed by atoms with Crippen LogP contribution < -0.4 is 5.32 Å². The third-order valence-electron chi connectivity index (χ3n) is 3.22. The average molecular weight is 209 g/mol. The summed E-state index contributed by atoms with van der Waals surface area (Å²) >= 11 is 0. The summed E-state index contributed by atoms with van der Waals surface area (Å²) in [6.07, 6.45) is 0.551. The first kappa shape index (κ1) is 10.3. The fraction of sp³-hybridized carbons (Fsp3) is 0.700. The Morgan fingerprint density at radius 3 is 2.87 bits per heavy atom. The van der Waals surface area contributed by atoms with Gasteiger partial charge in [-0.05, 0) is 25.8 Å². The van der Waals surface area contributed by atoms with Gasteiger partial charge in [0.05, 0.1) is 6.04 Å². The van der Waals surface area contributed by atoms with Gasteiger partial charge in [0.2, 0.25) is 5.91 Å². The Kier molecular flexibility index (Phi) is 2.56. The van der Waals surface area contributed by atoms with Crippen molar-refractivity contribution < 1.29 is 4.79 Å². The molecule has 0 aliphatic carbocycles. The first-order valence-corrected chi connectivity index (χ1v) is 5.15. The van der Waals surface area contributed by atoms with Gasteiger partial charge in [0.15, 0.2) is 0 Å². The van der Waals surface area contributed by atoms with Crippen LogP contribution in [0, 0.1) is 4.91 Å². The first-order valence-electron chi connectivity index (χ1n) is 5.15.